The molecule has 2 aromatic heterocycles. The molecule has 0 saturated carbocycles. The van der Waals surface area contributed by atoms with Crippen molar-refractivity contribution in [1.82, 2.24) is 19.7 Å². The number of hydrogen-bond acceptors (Lipinski definition) is 4. The Morgan fingerprint density at radius 1 is 1.20 bits per heavy atom. The fraction of sp³-hybridized carbons (Fsp3) is 0.500. The van der Waals surface area contributed by atoms with Gasteiger partial charge < -0.3 is 5.32 Å². The standard InChI is InChI=1S/C14H20ClN5/c1-8-11(15)17-13(14(3,4)5)18-12(8)16-10-7-20(6)19-9(10)2/h7H,1-6H3,(H,16,17,18). The van der Waals surface area contributed by atoms with Crippen molar-refractivity contribution in [3.05, 3.63) is 28.4 Å². The molecule has 0 radical (unpaired) electrons. The van der Waals surface area contributed by atoms with Gasteiger partial charge in [-0.2, -0.15) is 5.10 Å². The smallest absolute Gasteiger partial charge is 0.138 e. The maximum absolute atomic E-state index is 6.22. The summed E-state index contributed by atoms with van der Waals surface area (Å²) in [4.78, 5) is 8.97. The van der Waals surface area contributed by atoms with Crippen molar-refractivity contribution in [1.29, 1.82) is 0 Å². The quantitative estimate of drug-likeness (QED) is 0.861. The number of rotatable bonds is 2. The lowest BCUT2D eigenvalue weighted by Gasteiger charge is -2.19. The zero-order chi connectivity index (χ0) is 15.1. The van der Waals surface area contributed by atoms with E-state index in [-0.39, 0.29) is 5.41 Å². The molecule has 0 aliphatic carbocycles. The van der Waals surface area contributed by atoms with Crippen LogP contribution in [0.2, 0.25) is 5.15 Å². The van der Waals surface area contributed by atoms with Crippen molar-refractivity contribution < 1.29 is 0 Å². The molecular weight excluding hydrogens is 274 g/mol. The third kappa shape index (κ3) is 2.93. The number of halogens is 1. The largest absolute Gasteiger partial charge is 0.337 e. The Morgan fingerprint density at radius 3 is 2.35 bits per heavy atom. The van der Waals surface area contributed by atoms with Gasteiger partial charge >= 0.3 is 0 Å². The van der Waals surface area contributed by atoms with Gasteiger partial charge in [0.15, 0.2) is 0 Å². The van der Waals surface area contributed by atoms with Gasteiger partial charge in [-0.3, -0.25) is 4.68 Å². The summed E-state index contributed by atoms with van der Waals surface area (Å²) in [5.74, 6) is 1.45. The molecule has 2 heterocycles. The Morgan fingerprint density at radius 2 is 1.85 bits per heavy atom. The first kappa shape index (κ1) is 14.8. The van der Waals surface area contributed by atoms with E-state index in [2.05, 4.69) is 41.2 Å². The van der Waals surface area contributed by atoms with Crippen molar-refractivity contribution in [2.75, 3.05) is 5.32 Å². The van der Waals surface area contributed by atoms with Crippen LogP contribution >= 0.6 is 11.6 Å². The predicted molar refractivity (Wildman–Crippen MR) is 81.7 cm³/mol. The minimum absolute atomic E-state index is 0.155. The lowest BCUT2D eigenvalue weighted by Crippen LogP contribution is -2.17. The van der Waals surface area contributed by atoms with Crippen molar-refractivity contribution in [2.45, 2.75) is 40.0 Å². The molecule has 0 spiro atoms. The van der Waals surface area contributed by atoms with Gasteiger partial charge in [0.05, 0.1) is 11.4 Å². The first-order valence-corrected chi connectivity index (χ1v) is 6.88. The fourth-order valence-corrected chi connectivity index (χ4v) is 1.97. The molecule has 0 fully saturated rings. The number of aromatic nitrogens is 4. The van der Waals surface area contributed by atoms with Gasteiger partial charge in [-0.15, -0.1) is 0 Å². The minimum Gasteiger partial charge on any atom is -0.337 e. The molecule has 0 unspecified atom stereocenters. The van der Waals surface area contributed by atoms with Crippen LogP contribution in [0.5, 0.6) is 0 Å². The van der Waals surface area contributed by atoms with Crippen molar-refractivity contribution in [3.8, 4) is 0 Å². The van der Waals surface area contributed by atoms with Crippen LogP contribution in [0.25, 0.3) is 0 Å². The topological polar surface area (TPSA) is 55.6 Å². The summed E-state index contributed by atoms with van der Waals surface area (Å²) < 4.78 is 1.76. The van der Waals surface area contributed by atoms with Crippen LogP contribution in [0.4, 0.5) is 11.5 Å². The first-order valence-electron chi connectivity index (χ1n) is 6.50. The molecule has 0 aromatic carbocycles. The van der Waals surface area contributed by atoms with Crippen molar-refractivity contribution >= 4 is 23.1 Å². The maximum atomic E-state index is 6.22. The highest BCUT2D eigenvalue weighted by Crippen LogP contribution is 2.28. The Labute approximate surface area is 124 Å². The summed E-state index contributed by atoms with van der Waals surface area (Å²) in [5.41, 5.74) is 2.52. The van der Waals surface area contributed by atoms with Crippen LogP contribution in [0.15, 0.2) is 6.20 Å². The van der Waals surface area contributed by atoms with E-state index in [1.807, 2.05) is 27.1 Å². The van der Waals surface area contributed by atoms with Gasteiger partial charge in [-0.05, 0) is 13.8 Å². The average Bonchev–Trinajstić information content (AvgIpc) is 2.62. The Kier molecular flexibility index (Phi) is 3.73. The molecule has 1 N–H and O–H groups in total. The molecule has 0 saturated heterocycles. The first-order chi connectivity index (χ1) is 9.18. The van der Waals surface area contributed by atoms with Crippen LogP contribution in [0.1, 0.15) is 37.9 Å². The van der Waals surface area contributed by atoms with Gasteiger partial charge in [-0.25, -0.2) is 9.97 Å². The van der Waals surface area contributed by atoms with E-state index in [9.17, 15) is 0 Å². The third-order valence-corrected chi connectivity index (χ3v) is 3.39. The summed E-state index contributed by atoms with van der Waals surface area (Å²) >= 11 is 6.22. The molecule has 20 heavy (non-hydrogen) atoms. The second kappa shape index (κ2) is 5.05. The molecule has 2 aromatic rings. The Balaban J connectivity index is 2.46. The second-order valence-electron chi connectivity index (χ2n) is 5.99. The number of anilines is 2. The number of hydrogen-bond donors (Lipinski definition) is 1. The maximum Gasteiger partial charge on any atom is 0.138 e. The SMILES string of the molecule is Cc1nn(C)cc1Nc1nc(C(C)(C)C)nc(Cl)c1C. The fourth-order valence-electron chi connectivity index (χ4n) is 1.80. The monoisotopic (exact) mass is 293 g/mol. The second-order valence-corrected chi connectivity index (χ2v) is 6.35. The zero-order valence-electron chi connectivity index (χ0n) is 12.7. The number of aryl methyl sites for hydroxylation is 2. The van der Waals surface area contributed by atoms with Crippen LogP contribution < -0.4 is 5.32 Å². The molecule has 0 aliphatic rings. The Bertz CT molecular complexity index is 640. The summed E-state index contributed by atoms with van der Waals surface area (Å²) in [6.07, 6.45) is 1.92. The third-order valence-electron chi connectivity index (χ3n) is 3.02. The van der Waals surface area contributed by atoms with E-state index in [0.29, 0.717) is 5.15 Å². The average molecular weight is 294 g/mol. The van der Waals surface area contributed by atoms with Crippen molar-refractivity contribution in [2.24, 2.45) is 7.05 Å². The molecule has 5 nitrogen and oxygen atoms in total. The molecule has 0 aliphatic heterocycles. The lowest BCUT2D eigenvalue weighted by molar-refractivity contribution is 0.545. The van der Waals surface area contributed by atoms with Crippen LogP contribution in [-0.4, -0.2) is 19.7 Å². The van der Waals surface area contributed by atoms with Gasteiger partial charge in [0.2, 0.25) is 0 Å². The Hall–Kier alpha value is -1.62. The summed E-state index contributed by atoms with van der Waals surface area (Å²) in [6, 6.07) is 0. The van der Waals surface area contributed by atoms with E-state index in [0.717, 1.165) is 28.6 Å². The van der Waals surface area contributed by atoms with Gasteiger partial charge in [-0.1, -0.05) is 32.4 Å². The van der Waals surface area contributed by atoms with Gasteiger partial charge in [0.25, 0.3) is 0 Å². The number of nitrogens with zero attached hydrogens (tertiary/aromatic N) is 4. The molecule has 0 amide bonds. The zero-order valence-corrected chi connectivity index (χ0v) is 13.5. The van der Waals surface area contributed by atoms with Crippen LogP contribution in [0, 0.1) is 13.8 Å². The molecular formula is C14H20ClN5. The van der Waals surface area contributed by atoms with E-state index < -0.39 is 0 Å². The van der Waals surface area contributed by atoms with E-state index in [1.165, 1.54) is 0 Å². The summed E-state index contributed by atoms with van der Waals surface area (Å²) in [6.45, 7) is 10.0. The van der Waals surface area contributed by atoms with Gasteiger partial charge in [0, 0.05) is 24.2 Å². The van der Waals surface area contributed by atoms with E-state index in [4.69, 9.17) is 11.6 Å². The highest BCUT2D eigenvalue weighted by atomic mass is 35.5. The summed E-state index contributed by atoms with van der Waals surface area (Å²) in [7, 11) is 1.89. The highest BCUT2D eigenvalue weighted by molar-refractivity contribution is 6.30. The predicted octanol–water partition coefficient (Wildman–Crippen LogP) is 3.52. The van der Waals surface area contributed by atoms with E-state index >= 15 is 0 Å². The lowest BCUT2D eigenvalue weighted by atomic mass is 9.95. The highest BCUT2D eigenvalue weighted by Gasteiger charge is 2.21. The van der Waals surface area contributed by atoms with Crippen molar-refractivity contribution in [3.63, 3.8) is 0 Å². The normalized spacial score (nSPS) is 11.8. The molecule has 0 atom stereocenters. The van der Waals surface area contributed by atoms with Crippen LogP contribution in [-0.2, 0) is 12.5 Å². The number of nitrogens with one attached hydrogen (secondary N) is 1. The molecule has 6 heteroatoms. The molecule has 2 rings (SSSR count). The van der Waals surface area contributed by atoms with Crippen LogP contribution in [0.3, 0.4) is 0 Å². The van der Waals surface area contributed by atoms with E-state index in [1.54, 1.807) is 4.68 Å². The molecule has 108 valence electrons. The summed E-state index contributed by atoms with van der Waals surface area (Å²) in [5, 5.41) is 8.08. The minimum atomic E-state index is -0.155. The van der Waals surface area contributed by atoms with Gasteiger partial charge in [0.1, 0.15) is 16.8 Å². The molecule has 0 bridgehead atoms.